The molecule has 0 unspecified atom stereocenters. The smallest absolute Gasteiger partial charge is 0.161 e. The molecule has 0 spiro atoms. The summed E-state index contributed by atoms with van der Waals surface area (Å²) in [5.74, 6) is 1.14. The highest BCUT2D eigenvalue weighted by Gasteiger charge is 2.06. The summed E-state index contributed by atoms with van der Waals surface area (Å²) in [7, 11) is 1.54. The minimum Gasteiger partial charge on any atom is -0.493 e. The van der Waals surface area contributed by atoms with Crippen LogP contribution >= 0.6 is 11.6 Å². The Kier molecular flexibility index (Phi) is 4.64. The lowest BCUT2D eigenvalue weighted by Crippen LogP contribution is -1.98. The number of rotatable bonds is 5. The molecule has 0 aliphatic rings. The van der Waals surface area contributed by atoms with Crippen LogP contribution in [0.5, 0.6) is 11.5 Å². The average molecular weight is 291 g/mol. The van der Waals surface area contributed by atoms with E-state index in [0.29, 0.717) is 23.7 Å². The maximum absolute atomic E-state index is 10.7. The summed E-state index contributed by atoms with van der Waals surface area (Å²) in [5.41, 5.74) is 2.58. The molecule has 0 heterocycles. The first-order valence-corrected chi connectivity index (χ1v) is 6.53. The highest BCUT2D eigenvalue weighted by molar-refractivity contribution is 6.31. The van der Waals surface area contributed by atoms with Crippen molar-refractivity contribution in [2.75, 3.05) is 7.11 Å². The van der Waals surface area contributed by atoms with Crippen molar-refractivity contribution in [3.8, 4) is 11.5 Å². The Morgan fingerprint density at radius 1 is 1.15 bits per heavy atom. The zero-order valence-electron chi connectivity index (χ0n) is 11.4. The molecule has 2 rings (SSSR count). The molecule has 104 valence electrons. The molecular formula is C16H15ClO3. The minimum atomic E-state index is 0.412. The summed E-state index contributed by atoms with van der Waals surface area (Å²) in [6.07, 6.45) is 0.773. The third kappa shape index (κ3) is 3.31. The Morgan fingerprint density at radius 3 is 2.60 bits per heavy atom. The summed E-state index contributed by atoms with van der Waals surface area (Å²) < 4.78 is 10.9. The van der Waals surface area contributed by atoms with Crippen LogP contribution in [-0.2, 0) is 6.61 Å². The number of benzene rings is 2. The fourth-order valence-electron chi connectivity index (χ4n) is 1.83. The van der Waals surface area contributed by atoms with E-state index in [9.17, 15) is 4.79 Å². The van der Waals surface area contributed by atoms with E-state index in [2.05, 4.69) is 0 Å². The second-order valence-electron chi connectivity index (χ2n) is 4.40. The summed E-state index contributed by atoms with van der Waals surface area (Å²) in [6, 6.07) is 10.8. The molecule has 3 nitrogen and oxygen atoms in total. The van der Waals surface area contributed by atoms with Crippen LogP contribution in [0.3, 0.4) is 0 Å². The van der Waals surface area contributed by atoms with E-state index in [1.165, 1.54) is 0 Å². The molecule has 0 atom stereocenters. The van der Waals surface area contributed by atoms with Gasteiger partial charge in [0.15, 0.2) is 11.5 Å². The number of halogens is 1. The number of carbonyl (C=O) groups excluding carboxylic acids is 1. The van der Waals surface area contributed by atoms with Crippen LogP contribution in [0.25, 0.3) is 0 Å². The molecule has 20 heavy (non-hydrogen) atoms. The van der Waals surface area contributed by atoms with Crippen molar-refractivity contribution >= 4 is 17.9 Å². The van der Waals surface area contributed by atoms with E-state index in [0.717, 1.165) is 22.4 Å². The quantitative estimate of drug-likeness (QED) is 0.779. The third-order valence-electron chi connectivity index (χ3n) is 2.94. The van der Waals surface area contributed by atoms with Crippen molar-refractivity contribution in [2.24, 2.45) is 0 Å². The number of methoxy groups -OCH3 is 1. The van der Waals surface area contributed by atoms with Gasteiger partial charge in [0.25, 0.3) is 0 Å². The van der Waals surface area contributed by atoms with Crippen LogP contribution in [0.15, 0.2) is 36.4 Å². The lowest BCUT2D eigenvalue weighted by Gasteiger charge is -2.11. The first-order chi connectivity index (χ1) is 9.63. The van der Waals surface area contributed by atoms with Gasteiger partial charge in [-0.05, 0) is 42.3 Å². The number of aryl methyl sites for hydroxylation is 1. The zero-order valence-corrected chi connectivity index (χ0v) is 12.1. The van der Waals surface area contributed by atoms with Crippen LogP contribution in [0, 0.1) is 6.92 Å². The van der Waals surface area contributed by atoms with Gasteiger partial charge >= 0.3 is 0 Å². The van der Waals surface area contributed by atoms with Crippen LogP contribution in [0.4, 0.5) is 0 Å². The molecule has 0 amide bonds. The number of hydrogen-bond donors (Lipinski definition) is 0. The largest absolute Gasteiger partial charge is 0.493 e. The second kappa shape index (κ2) is 6.44. The molecule has 0 saturated carbocycles. The van der Waals surface area contributed by atoms with E-state index in [-0.39, 0.29) is 0 Å². The van der Waals surface area contributed by atoms with E-state index in [4.69, 9.17) is 21.1 Å². The molecule has 0 aliphatic heterocycles. The molecule has 0 bridgehead atoms. The van der Waals surface area contributed by atoms with E-state index >= 15 is 0 Å². The standard InChI is InChI=1S/C16H15ClO3/c1-11-7-13(3-5-14(11)17)10-20-15-6-4-12(9-18)8-16(15)19-2/h3-9H,10H2,1-2H3. The number of carbonyl (C=O) groups is 1. The van der Waals surface area contributed by atoms with Gasteiger partial charge in [0.1, 0.15) is 12.9 Å². The van der Waals surface area contributed by atoms with Crippen LogP contribution in [0.2, 0.25) is 5.02 Å². The van der Waals surface area contributed by atoms with Gasteiger partial charge in [0.2, 0.25) is 0 Å². The molecule has 0 N–H and O–H groups in total. The highest BCUT2D eigenvalue weighted by atomic mass is 35.5. The minimum absolute atomic E-state index is 0.412. The first kappa shape index (κ1) is 14.4. The van der Waals surface area contributed by atoms with Gasteiger partial charge in [-0.2, -0.15) is 0 Å². The van der Waals surface area contributed by atoms with Crippen molar-refractivity contribution in [1.82, 2.24) is 0 Å². The van der Waals surface area contributed by atoms with Gasteiger partial charge in [-0.3, -0.25) is 4.79 Å². The maximum atomic E-state index is 10.7. The number of ether oxygens (including phenoxy) is 2. The lowest BCUT2D eigenvalue weighted by atomic mass is 10.1. The van der Waals surface area contributed by atoms with Crippen molar-refractivity contribution < 1.29 is 14.3 Å². The zero-order chi connectivity index (χ0) is 14.5. The lowest BCUT2D eigenvalue weighted by molar-refractivity contribution is 0.112. The highest BCUT2D eigenvalue weighted by Crippen LogP contribution is 2.28. The van der Waals surface area contributed by atoms with Crippen LogP contribution in [0.1, 0.15) is 21.5 Å². The Bertz CT molecular complexity index is 623. The predicted octanol–water partition coefficient (Wildman–Crippen LogP) is 4.05. The van der Waals surface area contributed by atoms with Gasteiger partial charge in [-0.1, -0.05) is 23.7 Å². The number of aldehydes is 1. The topological polar surface area (TPSA) is 35.5 Å². The molecule has 0 radical (unpaired) electrons. The fraction of sp³-hybridized carbons (Fsp3) is 0.188. The molecule has 0 fully saturated rings. The average Bonchev–Trinajstić information content (AvgIpc) is 2.48. The third-order valence-corrected chi connectivity index (χ3v) is 3.36. The molecule has 0 aliphatic carbocycles. The van der Waals surface area contributed by atoms with Gasteiger partial charge < -0.3 is 9.47 Å². The van der Waals surface area contributed by atoms with Crippen molar-refractivity contribution in [3.05, 3.63) is 58.1 Å². The van der Waals surface area contributed by atoms with Crippen molar-refractivity contribution in [1.29, 1.82) is 0 Å². The molecule has 0 aromatic heterocycles. The van der Waals surface area contributed by atoms with E-state index in [1.807, 2.05) is 25.1 Å². The Hall–Kier alpha value is -2.00. The maximum Gasteiger partial charge on any atom is 0.161 e. The monoisotopic (exact) mass is 290 g/mol. The fourth-order valence-corrected chi connectivity index (χ4v) is 1.95. The van der Waals surface area contributed by atoms with Gasteiger partial charge in [0, 0.05) is 10.6 Å². The molecule has 4 heteroatoms. The first-order valence-electron chi connectivity index (χ1n) is 6.15. The second-order valence-corrected chi connectivity index (χ2v) is 4.81. The summed E-state index contributed by atoms with van der Waals surface area (Å²) in [6.45, 7) is 2.36. The molecular weight excluding hydrogens is 276 g/mol. The molecule has 0 saturated heterocycles. The van der Waals surface area contributed by atoms with Crippen molar-refractivity contribution in [3.63, 3.8) is 0 Å². The normalized spacial score (nSPS) is 10.2. The van der Waals surface area contributed by atoms with Crippen LogP contribution < -0.4 is 9.47 Å². The van der Waals surface area contributed by atoms with E-state index in [1.54, 1.807) is 25.3 Å². The predicted molar refractivity (Wildman–Crippen MR) is 78.9 cm³/mol. The molecule has 2 aromatic rings. The van der Waals surface area contributed by atoms with Gasteiger partial charge in [0.05, 0.1) is 7.11 Å². The number of hydrogen-bond acceptors (Lipinski definition) is 3. The Morgan fingerprint density at radius 2 is 1.95 bits per heavy atom. The Labute approximate surface area is 123 Å². The SMILES string of the molecule is COc1cc(C=O)ccc1OCc1ccc(Cl)c(C)c1. The van der Waals surface area contributed by atoms with Crippen LogP contribution in [-0.4, -0.2) is 13.4 Å². The van der Waals surface area contributed by atoms with Gasteiger partial charge in [-0.25, -0.2) is 0 Å². The molecule has 2 aromatic carbocycles. The van der Waals surface area contributed by atoms with Crippen molar-refractivity contribution in [2.45, 2.75) is 13.5 Å². The summed E-state index contributed by atoms with van der Waals surface area (Å²) >= 11 is 5.98. The Balaban J connectivity index is 2.13. The van der Waals surface area contributed by atoms with Gasteiger partial charge in [-0.15, -0.1) is 0 Å². The summed E-state index contributed by atoms with van der Waals surface area (Å²) in [4.78, 5) is 10.7. The van der Waals surface area contributed by atoms with E-state index < -0.39 is 0 Å². The summed E-state index contributed by atoms with van der Waals surface area (Å²) in [5, 5.41) is 0.738.